The molecule has 166 valence electrons. The van der Waals surface area contributed by atoms with Crippen molar-refractivity contribution in [2.75, 3.05) is 60.0 Å². The molecule has 7 heteroatoms. The lowest BCUT2D eigenvalue weighted by Gasteiger charge is -2.38. The van der Waals surface area contributed by atoms with Crippen LogP contribution in [0.4, 0.5) is 0 Å². The summed E-state index contributed by atoms with van der Waals surface area (Å²) in [4.78, 5) is 24.3. The zero-order valence-corrected chi connectivity index (χ0v) is 18.7. The molecule has 1 amide bonds. The molecule has 7 nitrogen and oxygen atoms in total. The van der Waals surface area contributed by atoms with Gasteiger partial charge in [0.15, 0.2) is 5.96 Å². The number of amides is 1. The van der Waals surface area contributed by atoms with Crippen LogP contribution in [-0.2, 0) is 9.53 Å². The van der Waals surface area contributed by atoms with Crippen LogP contribution in [0.5, 0.6) is 0 Å². The fourth-order valence-corrected chi connectivity index (χ4v) is 4.97. The van der Waals surface area contributed by atoms with Gasteiger partial charge in [-0.25, -0.2) is 0 Å². The SMILES string of the molecule is CCNC(=NCC(C1CCCCC1)N(C)C)N1CCN(C(=O)C2CCCO2)CC1. The van der Waals surface area contributed by atoms with Crippen LogP contribution >= 0.6 is 0 Å². The normalized spacial score (nSPS) is 25.5. The summed E-state index contributed by atoms with van der Waals surface area (Å²) < 4.78 is 5.58. The molecule has 3 aliphatic rings. The second kappa shape index (κ2) is 11.2. The number of hydrogen-bond donors (Lipinski definition) is 1. The van der Waals surface area contributed by atoms with E-state index in [1.165, 1.54) is 32.1 Å². The molecular formula is C22H41N5O2. The average molecular weight is 408 g/mol. The Balaban J connectivity index is 1.56. The van der Waals surface area contributed by atoms with Crippen LogP contribution in [0.2, 0.25) is 0 Å². The largest absolute Gasteiger partial charge is 0.368 e. The molecule has 3 fully saturated rings. The van der Waals surface area contributed by atoms with Crippen molar-refractivity contribution in [1.29, 1.82) is 0 Å². The number of nitrogens with zero attached hydrogens (tertiary/aromatic N) is 4. The summed E-state index contributed by atoms with van der Waals surface area (Å²) in [5.74, 6) is 1.93. The van der Waals surface area contributed by atoms with Crippen molar-refractivity contribution >= 4 is 11.9 Å². The first kappa shape index (κ1) is 22.3. The lowest BCUT2D eigenvalue weighted by atomic mass is 9.83. The first-order valence-corrected chi connectivity index (χ1v) is 11.7. The number of rotatable bonds is 6. The summed E-state index contributed by atoms with van der Waals surface area (Å²) in [6.07, 6.45) is 8.44. The highest BCUT2D eigenvalue weighted by atomic mass is 16.5. The Morgan fingerprint density at radius 2 is 1.76 bits per heavy atom. The van der Waals surface area contributed by atoms with Crippen LogP contribution in [0, 0.1) is 5.92 Å². The first-order chi connectivity index (χ1) is 14.1. The topological polar surface area (TPSA) is 60.4 Å². The van der Waals surface area contributed by atoms with Gasteiger partial charge in [0.2, 0.25) is 0 Å². The summed E-state index contributed by atoms with van der Waals surface area (Å²) in [6.45, 7) is 7.73. The molecule has 0 aromatic rings. The van der Waals surface area contributed by atoms with E-state index in [1.807, 2.05) is 4.90 Å². The number of piperazine rings is 1. The Kier molecular flexibility index (Phi) is 8.60. The van der Waals surface area contributed by atoms with E-state index in [-0.39, 0.29) is 12.0 Å². The molecule has 0 spiro atoms. The van der Waals surface area contributed by atoms with Gasteiger partial charge in [-0.1, -0.05) is 19.3 Å². The molecule has 0 aromatic carbocycles. The van der Waals surface area contributed by atoms with E-state index >= 15 is 0 Å². The highest BCUT2D eigenvalue weighted by Crippen LogP contribution is 2.28. The highest BCUT2D eigenvalue weighted by Gasteiger charge is 2.31. The van der Waals surface area contributed by atoms with Gasteiger partial charge in [-0.2, -0.15) is 0 Å². The van der Waals surface area contributed by atoms with Gasteiger partial charge in [0, 0.05) is 45.4 Å². The predicted molar refractivity (Wildman–Crippen MR) is 117 cm³/mol. The number of ether oxygens (including phenoxy) is 1. The minimum Gasteiger partial charge on any atom is -0.368 e. The second-order valence-electron chi connectivity index (χ2n) is 8.94. The Bertz CT molecular complexity index is 533. The molecule has 2 unspecified atom stereocenters. The molecule has 0 aromatic heterocycles. The molecule has 2 atom stereocenters. The highest BCUT2D eigenvalue weighted by molar-refractivity contribution is 5.82. The monoisotopic (exact) mass is 407 g/mol. The molecule has 1 saturated carbocycles. The fourth-order valence-electron chi connectivity index (χ4n) is 4.97. The number of carbonyl (C=O) groups excluding carboxylic acids is 1. The molecular weight excluding hydrogens is 366 g/mol. The van der Waals surface area contributed by atoms with Crippen molar-refractivity contribution in [3.8, 4) is 0 Å². The van der Waals surface area contributed by atoms with E-state index in [0.717, 1.165) is 70.6 Å². The molecule has 1 aliphatic carbocycles. The zero-order valence-electron chi connectivity index (χ0n) is 18.7. The van der Waals surface area contributed by atoms with Crippen LogP contribution in [0.15, 0.2) is 4.99 Å². The second-order valence-corrected chi connectivity index (χ2v) is 8.94. The van der Waals surface area contributed by atoms with Crippen LogP contribution in [0.1, 0.15) is 51.9 Å². The minimum atomic E-state index is -0.209. The fraction of sp³-hybridized carbons (Fsp3) is 0.909. The third-order valence-corrected chi connectivity index (χ3v) is 6.72. The first-order valence-electron chi connectivity index (χ1n) is 11.7. The Morgan fingerprint density at radius 3 is 2.34 bits per heavy atom. The van der Waals surface area contributed by atoms with Gasteiger partial charge in [-0.3, -0.25) is 9.79 Å². The van der Waals surface area contributed by atoms with E-state index in [0.29, 0.717) is 6.04 Å². The Labute approximate surface area is 176 Å². The standard InChI is InChI=1S/C22H41N5O2/c1-4-23-22(24-17-19(25(2)3)18-9-6-5-7-10-18)27-14-12-26(13-15-27)21(28)20-11-8-16-29-20/h18-20H,4-17H2,1-3H3,(H,23,24). The van der Waals surface area contributed by atoms with Crippen LogP contribution in [0.25, 0.3) is 0 Å². The lowest BCUT2D eigenvalue weighted by molar-refractivity contribution is -0.142. The molecule has 2 saturated heterocycles. The molecule has 0 radical (unpaired) electrons. The molecule has 2 heterocycles. The summed E-state index contributed by atoms with van der Waals surface area (Å²) in [5.41, 5.74) is 0. The maximum Gasteiger partial charge on any atom is 0.251 e. The predicted octanol–water partition coefficient (Wildman–Crippen LogP) is 1.79. The van der Waals surface area contributed by atoms with E-state index in [9.17, 15) is 4.79 Å². The average Bonchev–Trinajstić information content (AvgIpc) is 3.28. The van der Waals surface area contributed by atoms with Crippen molar-refractivity contribution in [2.24, 2.45) is 10.9 Å². The van der Waals surface area contributed by atoms with Crippen molar-refractivity contribution in [1.82, 2.24) is 20.0 Å². The van der Waals surface area contributed by atoms with E-state index in [2.05, 4.69) is 36.1 Å². The van der Waals surface area contributed by atoms with Gasteiger partial charge in [-0.05, 0) is 52.6 Å². The third kappa shape index (κ3) is 6.07. The van der Waals surface area contributed by atoms with Gasteiger partial charge in [0.1, 0.15) is 6.10 Å². The number of aliphatic imine (C=N–C) groups is 1. The number of nitrogens with one attached hydrogen (secondary N) is 1. The van der Waals surface area contributed by atoms with Crippen LogP contribution in [0.3, 0.4) is 0 Å². The number of carbonyl (C=O) groups is 1. The van der Waals surface area contributed by atoms with E-state index in [1.54, 1.807) is 0 Å². The summed E-state index contributed by atoms with van der Waals surface area (Å²) in [5, 5.41) is 3.48. The lowest BCUT2D eigenvalue weighted by Crippen LogP contribution is -2.55. The van der Waals surface area contributed by atoms with Crippen molar-refractivity contribution < 1.29 is 9.53 Å². The van der Waals surface area contributed by atoms with E-state index < -0.39 is 0 Å². The molecule has 3 rings (SSSR count). The van der Waals surface area contributed by atoms with Gasteiger partial charge < -0.3 is 24.8 Å². The van der Waals surface area contributed by atoms with Crippen molar-refractivity contribution in [2.45, 2.75) is 64.0 Å². The Morgan fingerprint density at radius 1 is 1.07 bits per heavy atom. The molecule has 0 bridgehead atoms. The maximum absolute atomic E-state index is 12.6. The molecule has 1 N–H and O–H groups in total. The quantitative estimate of drug-likeness (QED) is 0.537. The summed E-state index contributed by atoms with van der Waals surface area (Å²) in [7, 11) is 4.38. The number of hydrogen-bond acceptors (Lipinski definition) is 4. The minimum absolute atomic E-state index is 0.175. The maximum atomic E-state index is 12.6. The molecule has 29 heavy (non-hydrogen) atoms. The van der Waals surface area contributed by atoms with Gasteiger partial charge in [-0.15, -0.1) is 0 Å². The van der Waals surface area contributed by atoms with E-state index in [4.69, 9.17) is 9.73 Å². The van der Waals surface area contributed by atoms with Gasteiger partial charge in [0.25, 0.3) is 5.91 Å². The van der Waals surface area contributed by atoms with Crippen LogP contribution in [-0.4, -0.2) is 98.7 Å². The zero-order chi connectivity index (χ0) is 20.6. The van der Waals surface area contributed by atoms with Gasteiger partial charge >= 0.3 is 0 Å². The number of likely N-dealkylation sites (N-methyl/N-ethyl adjacent to an activating group) is 1. The molecule has 2 aliphatic heterocycles. The smallest absolute Gasteiger partial charge is 0.251 e. The van der Waals surface area contributed by atoms with Gasteiger partial charge in [0.05, 0.1) is 6.54 Å². The number of guanidine groups is 1. The van der Waals surface area contributed by atoms with Crippen LogP contribution < -0.4 is 5.32 Å². The van der Waals surface area contributed by atoms with Crippen molar-refractivity contribution in [3.05, 3.63) is 0 Å². The summed E-state index contributed by atoms with van der Waals surface area (Å²) >= 11 is 0. The third-order valence-electron chi connectivity index (χ3n) is 6.72. The summed E-state index contributed by atoms with van der Waals surface area (Å²) in [6, 6.07) is 0.506. The van der Waals surface area contributed by atoms with Crippen molar-refractivity contribution in [3.63, 3.8) is 0 Å². The Hall–Kier alpha value is -1.34.